The molecule has 0 radical (unpaired) electrons. The number of nitrogens with zero attached hydrogens (tertiary/aromatic N) is 4. The minimum atomic E-state index is -0.219. The summed E-state index contributed by atoms with van der Waals surface area (Å²) in [5.41, 5.74) is 6.11. The molecular formula is C25H25FN4. The van der Waals surface area contributed by atoms with Crippen LogP contribution in [0.15, 0.2) is 60.9 Å². The summed E-state index contributed by atoms with van der Waals surface area (Å²) in [5, 5.41) is 0. The molecule has 1 saturated heterocycles. The standard InChI is InChI=1S/C25H25FN4/c1-18-8-10-20(11-9-18)23-22(17-19-6-5-7-21(26)16-19)28-25-24(27-12-15-30(23)25)29-13-3-2-4-14-29/h5-12,15-16H,2-4,13-14,17H2,1H3. The van der Waals surface area contributed by atoms with Crippen molar-refractivity contribution in [3.05, 3.63) is 83.6 Å². The minimum Gasteiger partial charge on any atom is -0.354 e. The maximum Gasteiger partial charge on any atom is 0.181 e. The number of hydrogen-bond acceptors (Lipinski definition) is 3. The summed E-state index contributed by atoms with van der Waals surface area (Å²) in [6.45, 7) is 4.11. The number of rotatable bonds is 4. The van der Waals surface area contributed by atoms with Gasteiger partial charge in [0.2, 0.25) is 0 Å². The lowest BCUT2D eigenvalue weighted by atomic mass is 10.0. The highest BCUT2D eigenvalue weighted by Crippen LogP contribution is 2.31. The Labute approximate surface area is 176 Å². The van der Waals surface area contributed by atoms with Gasteiger partial charge in [-0.25, -0.2) is 14.4 Å². The first-order chi connectivity index (χ1) is 14.7. The van der Waals surface area contributed by atoms with E-state index in [1.165, 1.54) is 30.9 Å². The lowest BCUT2D eigenvalue weighted by Gasteiger charge is -2.27. The molecule has 2 aromatic carbocycles. The summed E-state index contributed by atoms with van der Waals surface area (Å²) in [5.74, 6) is 0.722. The fraction of sp³-hybridized carbons (Fsp3) is 0.280. The molecule has 1 aliphatic rings. The highest BCUT2D eigenvalue weighted by molar-refractivity contribution is 5.74. The van der Waals surface area contributed by atoms with E-state index < -0.39 is 0 Å². The Bertz CT molecular complexity index is 1170. The number of aromatic nitrogens is 3. The van der Waals surface area contributed by atoms with Crippen LogP contribution in [0.1, 0.15) is 36.1 Å². The average molecular weight is 401 g/mol. The van der Waals surface area contributed by atoms with Crippen LogP contribution < -0.4 is 4.90 Å². The number of aryl methyl sites for hydroxylation is 1. The molecule has 0 N–H and O–H groups in total. The van der Waals surface area contributed by atoms with Crippen LogP contribution in [0.2, 0.25) is 0 Å². The van der Waals surface area contributed by atoms with E-state index >= 15 is 0 Å². The van der Waals surface area contributed by atoms with Gasteiger partial charge in [-0.1, -0.05) is 42.0 Å². The van der Waals surface area contributed by atoms with Crippen LogP contribution in [-0.2, 0) is 6.42 Å². The topological polar surface area (TPSA) is 33.4 Å². The number of benzene rings is 2. The first-order valence-electron chi connectivity index (χ1n) is 10.6. The molecule has 0 amide bonds. The van der Waals surface area contributed by atoms with E-state index in [1.54, 1.807) is 12.1 Å². The molecule has 5 heteroatoms. The summed E-state index contributed by atoms with van der Waals surface area (Å²) in [6.07, 6.45) is 8.06. The molecular weight excluding hydrogens is 375 g/mol. The van der Waals surface area contributed by atoms with Gasteiger partial charge in [-0.05, 0) is 43.9 Å². The Hall–Kier alpha value is -3.21. The number of anilines is 1. The van der Waals surface area contributed by atoms with E-state index in [0.29, 0.717) is 6.42 Å². The lowest BCUT2D eigenvalue weighted by Crippen LogP contribution is -2.30. The highest BCUT2D eigenvalue weighted by atomic mass is 19.1. The van der Waals surface area contributed by atoms with E-state index in [1.807, 2.05) is 18.5 Å². The third kappa shape index (κ3) is 3.56. The van der Waals surface area contributed by atoms with Gasteiger partial charge < -0.3 is 4.90 Å². The Balaban J connectivity index is 1.68. The van der Waals surface area contributed by atoms with Gasteiger partial charge in [0, 0.05) is 37.5 Å². The second kappa shape index (κ2) is 7.90. The summed E-state index contributed by atoms with van der Waals surface area (Å²) >= 11 is 0. The Kier molecular flexibility index (Phi) is 4.95. The summed E-state index contributed by atoms with van der Waals surface area (Å²) in [4.78, 5) is 12.1. The van der Waals surface area contributed by atoms with E-state index in [2.05, 4.69) is 40.5 Å². The molecule has 3 heterocycles. The van der Waals surface area contributed by atoms with Crippen LogP contribution in [0.3, 0.4) is 0 Å². The van der Waals surface area contributed by atoms with E-state index in [9.17, 15) is 4.39 Å². The zero-order valence-electron chi connectivity index (χ0n) is 17.2. The number of halogens is 1. The molecule has 5 rings (SSSR count). The number of fused-ring (bicyclic) bond motifs is 1. The molecule has 2 aromatic heterocycles. The molecule has 30 heavy (non-hydrogen) atoms. The molecule has 0 spiro atoms. The van der Waals surface area contributed by atoms with Crippen molar-refractivity contribution in [2.75, 3.05) is 18.0 Å². The average Bonchev–Trinajstić information content (AvgIpc) is 3.13. The second-order valence-corrected chi connectivity index (χ2v) is 8.07. The second-order valence-electron chi connectivity index (χ2n) is 8.07. The summed E-state index contributed by atoms with van der Waals surface area (Å²) < 4.78 is 16.0. The maximum atomic E-state index is 13.8. The molecule has 4 aromatic rings. The highest BCUT2D eigenvalue weighted by Gasteiger charge is 2.21. The summed E-state index contributed by atoms with van der Waals surface area (Å²) in [7, 11) is 0. The van der Waals surface area contributed by atoms with Crippen molar-refractivity contribution in [3.8, 4) is 11.3 Å². The van der Waals surface area contributed by atoms with Crippen molar-refractivity contribution >= 4 is 11.5 Å². The molecule has 0 bridgehead atoms. The molecule has 1 fully saturated rings. The Morgan fingerprint density at radius 1 is 1.00 bits per heavy atom. The lowest BCUT2D eigenvalue weighted by molar-refractivity contribution is 0.574. The normalized spacial score (nSPS) is 14.4. The van der Waals surface area contributed by atoms with Crippen molar-refractivity contribution in [2.24, 2.45) is 0 Å². The van der Waals surface area contributed by atoms with Gasteiger partial charge in [0.15, 0.2) is 11.5 Å². The molecule has 4 nitrogen and oxygen atoms in total. The Morgan fingerprint density at radius 3 is 2.57 bits per heavy atom. The van der Waals surface area contributed by atoms with Crippen molar-refractivity contribution in [3.63, 3.8) is 0 Å². The largest absolute Gasteiger partial charge is 0.354 e. The first-order valence-corrected chi connectivity index (χ1v) is 10.6. The van der Waals surface area contributed by atoms with Gasteiger partial charge in [-0.3, -0.25) is 4.40 Å². The van der Waals surface area contributed by atoms with Crippen LogP contribution in [0, 0.1) is 12.7 Å². The van der Waals surface area contributed by atoms with Gasteiger partial charge >= 0.3 is 0 Å². The predicted molar refractivity (Wildman–Crippen MR) is 118 cm³/mol. The monoisotopic (exact) mass is 400 g/mol. The molecule has 1 aliphatic heterocycles. The first kappa shape index (κ1) is 18.8. The van der Waals surface area contributed by atoms with Crippen LogP contribution >= 0.6 is 0 Å². The zero-order valence-corrected chi connectivity index (χ0v) is 17.2. The van der Waals surface area contributed by atoms with E-state index in [0.717, 1.165) is 47.1 Å². The van der Waals surface area contributed by atoms with Gasteiger partial charge in [0.05, 0.1) is 11.4 Å². The Morgan fingerprint density at radius 2 is 1.80 bits per heavy atom. The molecule has 152 valence electrons. The van der Waals surface area contributed by atoms with Crippen LogP contribution in [-0.4, -0.2) is 27.5 Å². The van der Waals surface area contributed by atoms with Crippen molar-refractivity contribution < 1.29 is 4.39 Å². The minimum absolute atomic E-state index is 0.219. The molecule has 0 saturated carbocycles. The SMILES string of the molecule is Cc1ccc(-c2c(Cc3cccc(F)c3)nc3c(N4CCCCC4)nccn23)cc1. The van der Waals surface area contributed by atoms with Gasteiger partial charge in [0.1, 0.15) is 5.82 Å². The third-order valence-electron chi connectivity index (χ3n) is 5.84. The number of imidazole rings is 1. The van der Waals surface area contributed by atoms with E-state index in [-0.39, 0.29) is 5.82 Å². The number of hydrogen-bond donors (Lipinski definition) is 0. The number of piperidine rings is 1. The fourth-order valence-corrected chi connectivity index (χ4v) is 4.32. The quantitative estimate of drug-likeness (QED) is 0.458. The van der Waals surface area contributed by atoms with Crippen LogP contribution in [0.25, 0.3) is 16.9 Å². The van der Waals surface area contributed by atoms with Gasteiger partial charge in [-0.2, -0.15) is 0 Å². The van der Waals surface area contributed by atoms with Crippen LogP contribution in [0.4, 0.5) is 10.2 Å². The van der Waals surface area contributed by atoms with E-state index in [4.69, 9.17) is 9.97 Å². The molecule has 0 atom stereocenters. The maximum absolute atomic E-state index is 13.8. The smallest absolute Gasteiger partial charge is 0.181 e. The van der Waals surface area contributed by atoms with Crippen molar-refractivity contribution in [2.45, 2.75) is 32.6 Å². The van der Waals surface area contributed by atoms with Crippen molar-refractivity contribution in [1.29, 1.82) is 0 Å². The summed E-state index contributed by atoms with van der Waals surface area (Å²) in [6, 6.07) is 15.3. The third-order valence-corrected chi connectivity index (χ3v) is 5.84. The molecule has 0 aliphatic carbocycles. The van der Waals surface area contributed by atoms with Gasteiger partial charge in [-0.15, -0.1) is 0 Å². The zero-order chi connectivity index (χ0) is 20.5. The van der Waals surface area contributed by atoms with Crippen molar-refractivity contribution in [1.82, 2.24) is 14.4 Å². The van der Waals surface area contributed by atoms with Gasteiger partial charge in [0.25, 0.3) is 0 Å². The molecule has 0 unspecified atom stereocenters. The van der Waals surface area contributed by atoms with Crippen LogP contribution in [0.5, 0.6) is 0 Å². The predicted octanol–water partition coefficient (Wildman–Crippen LogP) is 5.42. The fourth-order valence-electron chi connectivity index (χ4n) is 4.32.